The maximum absolute atomic E-state index is 10.6. The third-order valence-electron chi connectivity index (χ3n) is 2.36. The Bertz CT molecular complexity index is 158. The quantitative estimate of drug-likeness (QED) is 0.626. The highest BCUT2D eigenvalue weighted by molar-refractivity contribution is 5.66. The number of carbonyl (C=O) groups is 1. The predicted molar refractivity (Wildman–Crippen MR) is 50.7 cm³/mol. The third-order valence-corrected chi connectivity index (χ3v) is 2.36. The van der Waals surface area contributed by atoms with Crippen molar-refractivity contribution < 1.29 is 9.53 Å². The van der Waals surface area contributed by atoms with Crippen molar-refractivity contribution >= 4 is 6.09 Å². The molecule has 13 heavy (non-hydrogen) atoms. The summed E-state index contributed by atoms with van der Waals surface area (Å²) in [5.74, 6) is 0. The first-order valence-corrected chi connectivity index (χ1v) is 4.88. The van der Waals surface area contributed by atoms with E-state index in [0.29, 0.717) is 0 Å². The fraction of sp³-hybridized carbons (Fsp3) is 0.889. The number of ether oxygens (including phenoxy) is 1. The summed E-state index contributed by atoms with van der Waals surface area (Å²) >= 11 is 0. The number of alkyl carbamates (subject to hydrolysis) is 1. The largest absolute Gasteiger partial charge is 0.453 e. The summed E-state index contributed by atoms with van der Waals surface area (Å²) in [6.07, 6.45) is 4.41. The zero-order valence-electron chi connectivity index (χ0n) is 8.14. The average molecular weight is 186 g/mol. The lowest BCUT2D eigenvalue weighted by atomic mass is 10.0. The van der Waals surface area contributed by atoms with E-state index in [1.54, 1.807) is 0 Å². The Morgan fingerprint density at radius 3 is 2.92 bits per heavy atom. The van der Waals surface area contributed by atoms with Gasteiger partial charge >= 0.3 is 6.09 Å². The number of rotatable bonds is 5. The maximum atomic E-state index is 10.6. The van der Waals surface area contributed by atoms with Gasteiger partial charge in [0.1, 0.15) is 0 Å². The number of amides is 1. The Labute approximate surface area is 79.0 Å². The summed E-state index contributed by atoms with van der Waals surface area (Å²) in [7, 11) is 1.38. The van der Waals surface area contributed by atoms with Crippen LogP contribution in [-0.2, 0) is 4.74 Å². The fourth-order valence-corrected chi connectivity index (χ4v) is 1.37. The fourth-order valence-electron chi connectivity index (χ4n) is 1.37. The van der Waals surface area contributed by atoms with Gasteiger partial charge in [0, 0.05) is 12.6 Å². The van der Waals surface area contributed by atoms with Gasteiger partial charge in [-0.15, -0.1) is 0 Å². The van der Waals surface area contributed by atoms with Crippen LogP contribution in [0, 0.1) is 0 Å². The van der Waals surface area contributed by atoms with Gasteiger partial charge in [0.2, 0.25) is 0 Å². The van der Waals surface area contributed by atoms with Crippen molar-refractivity contribution in [3.05, 3.63) is 0 Å². The first-order chi connectivity index (χ1) is 6.33. The summed E-state index contributed by atoms with van der Waals surface area (Å²) in [6.45, 7) is 1.89. The minimum atomic E-state index is -0.332. The van der Waals surface area contributed by atoms with E-state index in [-0.39, 0.29) is 6.09 Å². The molecule has 1 amide bonds. The van der Waals surface area contributed by atoms with Crippen LogP contribution < -0.4 is 10.6 Å². The Hall–Kier alpha value is -0.770. The van der Waals surface area contributed by atoms with Crippen molar-refractivity contribution in [2.24, 2.45) is 0 Å². The topological polar surface area (TPSA) is 50.4 Å². The first kappa shape index (κ1) is 10.3. The van der Waals surface area contributed by atoms with Crippen LogP contribution in [0.1, 0.15) is 25.7 Å². The molecule has 0 aromatic carbocycles. The summed E-state index contributed by atoms with van der Waals surface area (Å²) in [4.78, 5) is 10.6. The average Bonchev–Trinajstić information content (AvgIpc) is 2.07. The van der Waals surface area contributed by atoms with Gasteiger partial charge < -0.3 is 15.4 Å². The van der Waals surface area contributed by atoms with E-state index in [1.165, 1.54) is 32.9 Å². The maximum Gasteiger partial charge on any atom is 0.406 e. The molecule has 1 aliphatic rings. The normalized spacial score (nSPS) is 20.5. The zero-order valence-corrected chi connectivity index (χ0v) is 8.14. The molecular formula is C9H18N2O2. The minimum absolute atomic E-state index is 0.332. The minimum Gasteiger partial charge on any atom is -0.453 e. The second kappa shape index (κ2) is 5.80. The van der Waals surface area contributed by atoms with E-state index in [0.717, 1.165) is 19.0 Å². The molecule has 0 aromatic heterocycles. The Kier molecular flexibility index (Phi) is 4.60. The van der Waals surface area contributed by atoms with E-state index in [2.05, 4.69) is 15.4 Å². The molecule has 1 heterocycles. The van der Waals surface area contributed by atoms with Crippen LogP contribution in [0.5, 0.6) is 0 Å². The SMILES string of the molecule is COC(=O)NCCCCC1CCN1. The van der Waals surface area contributed by atoms with Crippen molar-refractivity contribution in [1.82, 2.24) is 10.6 Å². The molecule has 4 nitrogen and oxygen atoms in total. The van der Waals surface area contributed by atoms with Crippen LogP contribution in [0.3, 0.4) is 0 Å². The van der Waals surface area contributed by atoms with Crippen molar-refractivity contribution in [3.63, 3.8) is 0 Å². The van der Waals surface area contributed by atoms with Gasteiger partial charge in [0.25, 0.3) is 0 Å². The highest BCUT2D eigenvalue weighted by Gasteiger charge is 2.14. The molecule has 2 N–H and O–H groups in total. The van der Waals surface area contributed by atoms with Crippen LogP contribution in [-0.4, -0.2) is 32.3 Å². The standard InChI is InChI=1S/C9H18N2O2/c1-13-9(12)11-6-3-2-4-8-5-7-10-8/h8,10H,2-7H2,1H3,(H,11,12). The number of hydrogen-bond donors (Lipinski definition) is 2. The molecule has 1 aliphatic heterocycles. The first-order valence-electron chi connectivity index (χ1n) is 4.88. The Balaban J connectivity index is 1.80. The third kappa shape index (κ3) is 4.12. The predicted octanol–water partition coefficient (Wildman–Crippen LogP) is 0.875. The summed E-state index contributed by atoms with van der Waals surface area (Å²) in [5, 5.41) is 6.00. The molecule has 0 radical (unpaired) electrons. The molecule has 0 aliphatic carbocycles. The van der Waals surface area contributed by atoms with Crippen LogP contribution in [0.25, 0.3) is 0 Å². The number of hydrogen-bond acceptors (Lipinski definition) is 3. The molecule has 1 fully saturated rings. The molecule has 0 spiro atoms. The number of unbranched alkanes of at least 4 members (excludes halogenated alkanes) is 1. The van der Waals surface area contributed by atoms with Gasteiger partial charge in [-0.25, -0.2) is 4.79 Å². The van der Waals surface area contributed by atoms with Gasteiger partial charge in [-0.05, 0) is 25.8 Å². The highest BCUT2D eigenvalue weighted by atomic mass is 16.5. The van der Waals surface area contributed by atoms with E-state index in [4.69, 9.17) is 0 Å². The monoisotopic (exact) mass is 186 g/mol. The van der Waals surface area contributed by atoms with Crippen molar-refractivity contribution in [2.45, 2.75) is 31.7 Å². The van der Waals surface area contributed by atoms with Gasteiger partial charge in [-0.2, -0.15) is 0 Å². The van der Waals surface area contributed by atoms with Crippen LogP contribution in [0.4, 0.5) is 4.79 Å². The highest BCUT2D eigenvalue weighted by Crippen LogP contribution is 2.09. The lowest BCUT2D eigenvalue weighted by molar-refractivity contribution is 0.171. The Morgan fingerprint density at radius 1 is 1.62 bits per heavy atom. The van der Waals surface area contributed by atoms with Gasteiger partial charge in [-0.3, -0.25) is 0 Å². The molecule has 0 bridgehead atoms. The molecule has 0 aromatic rings. The number of carbonyl (C=O) groups excluding carboxylic acids is 1. The summed E-state index contributed by atoms with van der Waals surface area (Å²) in [6, 6.07) is 0.734. The number of nitrogens with one attached hydrogen (secondary N) is 2. The van der Waals surface area contributed by atoms with Crippen molar-refractivity contribution in [3.8, 4) is 0 Å². The lowest BCUT2D eigenvalue weighted by Gasteiger charge is -2.27. The van der Waals surface area contributed by atoms with E-state index in [9.17, 15) is 4.79 Å². The zero-order chi connectivity index (χ0) is 9.52. The lowest BCUT2D eigenvalue weighted by Crippen LogP contribution is -2.42. The molecular weight excluding hydrogens is 168 g/mol. The number of methoxy groups -OCH3 is 1. The van der Waals surface area contributed by atoms with Gasteiger partial charge in [0.15, 0.2) is 0 Å². The molecule has 1 rings (SSSR count). The summed E-state index contributed by atoms with van der Waals surface area (Å²) < 4.78 is 4.45. The molecule has 0 saturated carbocycles. The second-order valence-electron chi connectivity index (χ2n) is 3.35. The van der Waals surface area contributed by atoms with Crippen LogP contribution in [0.2, 0.25) is 0 Å². The molecule has 1 saturated heterocycles. The molecule has 1 unspecified atom stereocenters. The van der Waals surface area contributed by atoms with Crippen LogP contribution >= 0.6 is 0 Å². The summed E-state index contributed by atoms with van der Waals surface area (Å²) in [5.41, 5.74) is 0. The van der Waals surface area contributed by atoms with Gasteiger partial charge in [0.05, 0.1) is 7.11 Å². The van der Waals surface area contributed by atoms with Gasteiger partial charge in [-0.1, -0.05) is 6.42 Å². The van der Waals surface area contributed by atoms with Crippen molar-refractivity contribution in [1.29, 1.82) is 0 Å². The van der Waals surface area contributed by atoms with E-state index < -0.39 is 0 Å². The van der Waals surface area contributed by atoms with E-state index in [1.807, 2.05) is 0 Å². The van der Waals surface area contributed by atoms with Crippen LogP contribution in [0.15, 0.2) is 0 Å². The Morgan fingerprint density at radius 2 is 2.38 bits per heavy atom. The van der Waals surface area contributed by atoms with E-state index >= 15 is 0 Å². The smallest absolute Gasteiger partial charge is 0.406 e. The molecule has 4 heteroatoms. The second-order valence-corrected chi connectivity index (χ2v) is 3.35. The van der Waals surface area contributed by atoms with Crippen molar-refractivity contribution in [2.75, 3.05) is 20.2 Å². The molecule has 76 valence electrons. The molecule has 1 atom stereocenters.